The van der Waals surface area contributed by atoms with Crippen LogP contribution in [0.25, 0.3) is 0 Å². The van der Waals surface area contributed by atoms with Crippen molar-refractivity contribution in [1.82, 2.24) is 5.32 Å². The molecule has 0 unspecified atom stereocenters. The second-order valence-corrected chi connectivity index (χ2v) is 5.49. The van der Waals surface area contributed by atoms with Crippen LogP contribution in [-0.2, 0) is 19.1 Å². The van der Waals surface area contributed by atoms with Crippen LogP contribution in [0.2, 0.25) is 0 Å². The molecule has 112 valence electrons. The number of nitrogens with one attached hydrogen (secondary N) is 1. The second kappa shape index (κ2) is 5.94. The zero-order chi connectivity index (χ0) is 15.5. The van der Waals surface area contributed by atoms with Crippen molar-refractivity contribution < 1.29 is 29.0 Å². The largest absolute Gasteiger partial charge is 0.481 e. The third-order valence-electron chi connectivity index (χ3n) is 2.67. The first kappa shape index (κ1) is 16.0. The minimum Gasteiger partial charge on any atom is -0.481 e. The molecule has 0 spiro atoms. The SMILES string of the molecule is COC(=O)C1=C[C@@H](NC(=O)OC(C)(C)C)C[C@H]1C(=O)O. The van der Waals surface area contributed by atoms with Gasteiger partial charge >= 0.3 is 18.0 Å². The summed E-state index contributed by atoms with van der Waals surface area (Å²) in [7, 11) is 1.18. The molecular weight excluding hydrogens is 266 g/mol. The summed E-state index contributed by atoms with van der Waals surface area (Å²) in [6, 6.07) is -0.569. The number of carbonyl (C=O) groups excluding carboxylic acids is 2. The number of rotatable bonds is 3. The van der Waals surface area contributed by atoms with E-state index in [2.05, 4.69) is 10.1 Å². The van der Waals surface area contributed by atoms with E-state index in [1.165, 1.54) is 13.2 Å². The lowest BCUT2D eigenvalue weighted by Gasteiger charge is -2.21. The number of esters is 1. The Balaban J connectivity index is 2.74. The lowest BCUT2D eigenvalue weighted by molar-refractivity contribution is -0.144. The number of aliphatic carboxylic acids is 1. The zero-order valence-corrected chi connectivity index (χ0v) is 11.9. The molecule has 20 heavy (non-hydrogen) atoms. The number of alkyl carbamates (subject to hydrolysis) is 1. The van der Waals surface area contributed by atoms with Crippen molar-refractivity contribution in [1.29, 1.82) is 0 Å². The van der Waals surface area contributed by atoms with E-state index in [1.54, 1.807) is 20.8 Å². The number of amides is 1. The Morgan fingerprint density at radius 1 is 1.35 bits per heavy atom. The molecule has 1 rings (SSSR count). The number of carboxylic acids is 1. The summed E-state index contributed by atoms with van der Waals surface area (Å²) >= 11 is 0. The van der Waals surface area contributed by atoms with E-state index in [9.17, 15) is 14.4 Å². The summed E-state index contributed by atoms with van der Waals surface area (Å²) in [4.78, 5) is 34.2. The third kappa shape index (κ3) is 4.25. The van der Waals surface area contributed by atoms with Gasteiger partial charge in [-0.25, -0.2) is 9.59 Å². The van der Waals surface area contributed by atoms with Crippen LogP contribution in [0, 0.1) is 5.92 Å². The Morgan fingerprint density at radius 3 is 2.40 bits per heavy atom. The third-order valence-corrected chi connectivity index (χ3v) is 2.67. The first-order valence-electron chi connectivity index (χ1n) is 6.16. The van der Waals surface area contributed by atoms with Gasteiger partial charge in [-0.1, -0.05) is 6.08 Å². The van der Waals surface area contributed by atoms with Crippen molar-refractivity contribution in [2.75, 3.05) is 7.11 Å². The van der Waals surface area contributed by atoms with Gasteiger partial charge in [0, 0.05) is 5.57 Å². The van der Waals surface area contributed by atoms with Crippen LogP contribution in [-0.4, -0.2) is 41.9 Å². The smallest absolute Gasteiger partial charge is 0.408 e. The van der Waals surface area contributed by atoms with Gasteiger partial charge in [0.15, 0.2) is 0 Å². The van der Waals surface area contributed by atoms with Crippen LogP contribution in [0.3, 0.4) is 0 Å². The maximum Gasteiger partial charge on any atom is 0.408 e. The van der Waals surface area contributed by atoms with Gasteiger partial charge in [-0.15, -0.1) is 0 Å². The van der Waals surface area contributed by atoms with Gasteiger partial charge < -0.3 is 19.9 Å². The maximum atomic E-state index is 11.6. The van der Waals surface area contributed by atoms with Crippen LogP contribution in [0.4, 0.5) is 4.79 Å². The molecule has 0 bridgehead atoms. The van der Waals surface area contributed by atoms with Crippen LogP contribution in [0.5, 0.6) is 0 Å². The average molecular weight is 285 g/mol. The number of hydrogen-bond donors (Lipinski definition) is 2. The van der Waals surface area contributed by atoms with Gasteiger partial charge in [-0.05, 0) is 27.2 Å². The van der Waals surface area contributed by atoms with Crippen molar-refractivity contribution in [3.8, 4) is 0 Å². The monoisotopic (exact) mass is 285 g/mol. The number of hydrogen-bond acceptors (Lipinski definition) is 5. The topological polar surface area (TPSA) is 102 Å². The van der Waals surface area contributed by atoms with Crippen molar-refractivity contribution >= 4 is 18.0 Å². The van der Waals surface area contributed by atoms with Gasteiger partial charge in [0.1, 0.15) is 5.60 Å². The summed E-state index contributed by atoms with van der Waals surface area (Å²) in [5, 5.41) is 11.6. The molecule has 0 aromatic rings. The molecule has 2 atom stereocenters. The van der Waals surface area contributed by atoms with Gasteiger partial charge in [-0.3, -0.25) is 4.79 Å². The molecule has 7 heteroatoms. The lowest BCUT2D eigenvalue weighted by atomic mass is 10.0. The fourth-order valence-corrected chi connectivity index (χ4v) is 1.90. The van der Waals surface area contributed by atoms with Crippen LogP contribution < -0.4 is 5.32 Å². The minimum atomic E-state index is -1.13. The standard InChI is InChI=1S/C13H19NO6/c1-13(2,3)20-12(18)14-7-5-8(10(15)16)9(6-7)11(17)19-4/h6-8H,5H2,1-4H3,(H,14,18)(H,15,16)/t7-,8+/m0/s1. The molecule has 1 aliphatic rings. The first-order chi connectivity index (χ1) is 9.14. The molecule has 0 aromatic carbocycles. The molecule has 1 aliphatic carbocycles. The summed E-state index contributed by atoms with van der Waals surface area (Å²) in [5.41, 5.74) is -0.606. The predicted molar refractivity (Wildman–Crippen MR) is 69.0 cm³/mol. The second-order valence-electron chi connectivity index (χ2n) is 5.49. The van der Waals surface area contributed by atoms with Gasteiger partial charge in [0.05, 0.1) is 19.1 Å². The molecule has 0 heterocycles. The van der Waals surface area contributed by atoms with Gasteiger partial charge in [0.25, 0.3) is 0 Å². The normalized spacial score (nSPS) is 21.9. The highest BCUT2D eigenvalue weighted by Gasteiger charge is 2.37. The summed E-state index contributed by atoms with van der Waals surface area (Å²) in [6.07, 6.45) is 0.835. The molecule has 1 amide bonds. The minimum absolute atomic E-state index is 0.0426. The highest BCUT2D eigenvalue weighted by Crippen LogP contribution is 2.27. The van der Waals surface area contributed by atoms with E-state index in [-0.39, 0.29) is 12.0 Å². The highest BCUT2D eigenvalue weighted by molar-refractivity contribution is 5.96. The van der Waals surface area contributed by atoms with Gasteiger partial charge in [-0.2, -0.15) is 0 Å². The summed E-state index contributed by atoms with van der Waals surface area (Å²) in [5.74, 6) is -2.82. The van der Waals surface area contributed by atoms with E-state index < -0.39 is 35.6 Å². The lowest BCUT2D eigenvalue weighted by Crippen LogP contribution is -2.38. The molecule has 0 fully saturated rings. The van der Waals surface area contributed by atoms with E-state index in [4.69, 9.17) is 9.84 Å². The number of carbonyl (C=O) groups is 3. The molecule has 7 nitrogen and oxygen atoms in total. The first-order valence-corrected chi connectivity index (χ1v) is 6.16. The maximum absolute atomic E-state index is 11.6. The van der Waals surface area contributed by atoms with Crippen LogP contribution in [0.15, 0.2) is 11.6 Å². The Labute approximate surface area is 116 Å². The predicted octanol–water partition coefficient (Wildman–Crippen LogP) is 1.08. The van der Waals surface area contributed by atoms with Crippen molar-refractivity contribution in [2.24, 2.45) is 5.92 Å². The molecule has 0 aromatic heterocycles. The van der Waals surface area contributed by atoms with E-state index >= 15 is 0 Å². The van der Waals surface area contributed by atoms with Crippen molar-refractivity contribution in [2.45, 2.75) is 38.8 Å². The fraction of sp³-hybridized carbons (Fsp3) is 0.615. The van der Waals surface area contributed by atoms with E-state index in [0.717, 1.165) is 0 Å². The number of ether oxygens (including phenoxy) is 2. The van der Waals surface area contributed by atoms with E-state index in [1.807, 2.05) is 0 Å². The molecule has 0 saturated carbocycles. The molecule has 0 radical (unpaired) electrons. The Hall–Kier alpha value is -2.05. The fourth-order valence-electron chi connectivity index (χ4n) is 1.90. The van der Waals surface area contributed by atoms with Crippen LogP contribution in [0.1, 0.15) is 27.2 Å². The quantitative estimate of drug-likeness (QED) is 0.752. The Bertz CT molecular complexity index is 448. The van der Waals surface area contributed by atoms with Crippen LogP contribution >= 0.6 is 0 Å². The summed E-state index contributed by atoms with van der Waals surface area (Å²) < 4.78 is 9.61. The summed E-state index contributed by atoms with van der Waals surface area (Å²) in [6.45, 7) is 5.16. The van der Waals surface area contributed by atoms with Crippen molar-refractivity contribution in [3.05, 3.63) is 11.6 Å². The molecule has 2 N–H and O–H groups in total. The average Bonchev–Trinajstić information content (AvgIpc) is 2.69. The molecule has 0 aliphatic heterocycles. The number of carboxylic acid groups (broad SMARTS) is 1. The van der Waals surface area contributed by atoms with Gasteiger partial charge in [0.2, 0.25) is 0 Å². The molecule has 0 saturated heterocycles. The Kier molecular flexibility index (Phi) is 4.75. The van der Waals surface area contributed by atoms with Crippen molar-refractivity contribution in [3.63, 3.8) is 0 Å². The number of methoxy groups -OCH3 is 1. The van der Waals surface area contributed by atoms with E-state index in [0.29, 0.717) is 0 Å². The molecular formula is C13H19NO6. The zero-order valence-electron chi connectivity index (χ0n) is 11.9. The highest BCUT2D eigenvalue weighted by atomic mass is 16.6. The Morgan fingerprint density at radius 2 is 1.95 bits per heavy atom.